The molecular weight excluding hydrogens is 359 g/mol. The molecule has 0 atom stereocenters. The molecule has 0 bridgehead atoms. The second kappa shape index (κ2) is 8.48. The molecule has 3 aromatic rings. The van der Waals surface area contributed by atoms with Crippen LogP contribution in [0.5, 0.6) is 11.8 Å². The van der Waals surface area contributed by atoms with Gasteiger partial charge in [0.25, 0.3) is 0 Å². The first kappa shape index (κ1) is 18.6. The van der Waals surface area contributed by atoms with Crippen LogP contribution in [0, 0.1) is 5.82 Å². The van der Waals surface area contributed by atoms with Crippen LogP contribution in [0.15, 0.2) is 49.1 Å². The summed E-state index contributed by atoms with van der Waals surface area (Å²) in [5.74, 6) is -0.271. The highest BCUT2D eigenvalue weighted by Gasteiger charge is 2.13. The predicted molar refractivity (Wildman–Crippen MR) is 92.3 cm³/mol. The van der Waals surface area contributed by atoms with Gasteiger partial charge >= 0.3 is 6.61 Å². The van der Waals surface area contributed by atoms with E-state index in [1.54, 1.807) is 18.5 Å². The molecule has 0 saturated carbocycles. The maximum absolute atomic E-state index is 13.3. The molecule has 27 heavy (non-hydrogen) atoms. The third-order valence-corrected chi connectivity index (χ3v) is 3.61. The van der Waals surface area contributed by atoms with Crippen molar-refractivity contribution in [2.75, 3.05) is 6.61 Å². The Hall–Kier alpha value is -3.16. The zero-order valence-corrected chi connectivity index (χ0v) is 14.4. The van der Waals surface area contributed by atoms with E-state index in [9.17, 15) is 13.2 Å². The molecule has 8 heteroatoms. The van der Waals surface area contributed by atoms with Crippen molar-refractivity contribution in [1.82, 2.24) is 15.0 Å². The van der Waals surface area contributed by atoms with Gasteiger partial charge in [-0.2, -0.15) is 8.78 Å². The van der Waals surface area contributed by atoms with E-state index in [4.69, 9.17) is 4.74 Å². The van der Waals surface area contributed by atoms with Crippen LogP contribution in [-0.2, 0) is 6.42 Å². The van der Waals surface area contributed by atoms with E-state index in [1.807, 2.05) is 13.0 Å². The maximum atomic E-state index is 13.3. The first-order valence-electron chi connectivity index (χ1n) is 8.17. The van der Waals surface area contributed by atoms with Crippen molar-refractivity contribution in [2.45, 2.75) is 20.0 Å². The van der Waals surface area contributed by atoms with Crippen LogP contribution in [-0.4, -0.2) is 28.2 Å². The second-order valence-electron chi connectivity index (χ2n) is 5.58. The molecule has 5 nitrogen and oxygen atoms in total. The molecule has 3 aromatic heterocycles. The number of halogens is 3. The van der Waals surface area contributed by atoms with Crippen LogP contribution in [0.4, 0.5) is 13.2 Å². The Morgan fingerprint density at radius 2 is 1.85 bits per heavy atom. The smallest absolute Gasteiger partial charge is 0.388 e. The summed E-state index contributed by atoms with van der Waals surface area (Å²) in [6, 6.07) is 6.24. The first-order valence-corrected chi connectivity index (χ1v) is 8.17. The van der Waals surface area contributed by atoms with Gasteiger partial charge in [0.15, 0.2) is 0 Å². The Balaban J connectivity index is 1.97. The molecule has 0 unspecified atom stereocenters. The van der Waals surface area contributed by atoms with Gasteiger partial charge in [-0.15, -0.1) is 0 Å². The largest absolute Gasteiger partial charge is 0.478 e. The molecule has 0 aromatic carbocycles. The van der Waals surface area contributed by atoms with Crippen LogP contribution in [0.2, 0.25) is 0 Å². The fourth-order valence-corrected chi connectivity index (χ4v) is 2.57. The number of aromatic nitrogens is 3. The average molecular weight is 375 g/mol. The Morgan fingerprint density at radius 3 is 2.59 bits per heavy atom. The van der Waals surface area contributed by atoms with E-state index in [0.29, 0.717) is 35.6 Å². The number of pyridine rings is 3. The van der Waals surface area contributed by atoms with E-state index in [-0.39, 0.29) is 5.88 Å². The third-order valence-electron chi connectivity index (χ3n) is 3.61. The quantitative estimate of drug-likeness (QED) is 0.617. The lowest BCUT2D eigenvalue weighted by Gasteiger charge is -2.12. The van der Waals surface area contributed by atoms with Crippen molar-refractivity contribution >= 4 is 0 Å². The highest BCUT2D eigenvalue weighted by atomic mass is 19.3. The molecule has 0 fully saturated rings. The number of nitrogens with zero attached hydrogens (tertiary/aromatic N) is 3. The Kier molecular flexibility index (Phi) is 5.85. The number of rotatable bonds is 7. The summed E-state index contributed by atoms with van der Waals surface area (Å²) in [4.78, 5) is 11.9. The van der Waals surface area contributed by atoms with Crippen LogP contribution in [0.25, 0.3) is 11.1 Å². The molecule has 0 aliphatic rings. The predicted octanol–water partition coefficient (Wildman–Crippen LogP) is 4.27. The van der Waals surface area contributed by atoms with Crippen molar-refractivity contribution < 1.29 is 22.6 Å². The average Bonchev–Trinajstić information content (AvgIpc) is 2.63. The fourth-order valence-electron chi connectivity index (χ4n) is 2.57. The van der Waals surface area contributed by atoms with Gasteiger partial charge in [0.05, 0.1) is 12.8 Å². The van der Waals surface area contributed by atoms with Crippen LogP contribution in [0.1, 0.15) is 18.1 Å². The second-order valence-corrected chi connectivity index (χ2v) is 5.58. The molecule has 0 spiro atoms. The minimum absolute atomic E-state index is 0.204. The summed E-state index contributed by atoms with van der Waals surface area (Å²) in [6.45, 7) is -0.766. The van der Waals surface area contributed by atoms with Crippen molar-refractivity contribution in [3.8, 4) is 22.9 Å². The number of alkyl halides is 2. The molecular formula is C19H16F3N3O2. The molecule has 0 radical (unpaired) electrons. The van der Waals surface area contributed by atoms with E-state index < -0.39 is 12.4 Å². The fraction of sp³-hybridized carbons (Fsp3) is 0.211. The van der Waals surface area contributed by atoms with Gasteiger partial charge in [-0.3, -0.25) is 4.98 Å². The minimum Gasteiger partial charge on any atom is -0.478 e. The van der Waals surface area contributed by atoms with E-state index in [1.165, 1.54) is 18.3 Å². The minimum atomic E-state index is -2.97. The molecule has 0 amide bonds. The van der Waals surface area contributed by atoms with Gasteiger partial charge in [-0.25, -0.2) is 14.4 Å². The van der Waals surface area contributed by atoms with Crippen LogP contribution >= 0.6 is 0 Å². The van der Waals surface area contributed by atoms with E-state index in [2.05, 4.69) is 19.7 Å². The summed E-state index contributed by atoms with van der Waals surface area (Å²) in [7, 11) is 0. The summed E-state index contributed by atoms with van der Waals surface area (Å²) >= 11 is 0. The van der Waals surface area contributed by atoms with Crippen molar-refractivity contribution in [3.05, 3.63) is 66.0 Å². The number of ether oxygens (including phenoxy) is 2. The van der Waals surface area contributed by atoms with Gasteiger partial charge in [-0.05, 0) is 41.8 Å². The third kappa shape index (κ3) is 4.93. The topological polar surface area (TPSA) is 57.1 Å². The molecule has 3 heterocycles. The monoisotopic (exact) mass is 375 g/mol. The zero-order chi connectivity index (χ0) is 19.2. The van der Waals surface area contributed by atoms with E-state index in [0.717, 1.165) is 11.8 Å². The summed E-state index contributed by atoms with van der Waals surface area (Å²) in [5.41, 5.74) is 2.63. The number of hydrogen-bond donors (Lipinski definition) is 0. The SMILES string of the molecule is CCOc1ncc(Cc2cncc(F)c2)cc1-c1ccnc(OC(F)F)c1. The van der Waals surface area contributed by atoms with Crippen LogP contribution < -0.4 is 9.47 Å². The standard InChI is InChI=1S/C19H16F3N3O2/c1-2-26-18-16(14-3-4-24-17(8-14)27-19(21)22)7-13(10-25-18)5-12-6-15(20)11-23-9-12/h3-4,6-11,19H,2,5H2,1H3. The van der Waals surface area contributed by atoms with Crippen molar-refractivity contribution in [2.24, 2.45) is 0 Å². The normalized spacial score (nSPS) is 10.9. The highest BCUT2D eigenvalue weighted by Crippen LogP contribution is 2.31. The van der Waals surface area contributed by atoms with Gasteiger partial charge in [0.2, 0.25) is 11.8 Å². The van der Waals surface area contributed by atoms with Crippen molar-refractivity contribution in [1.29, 1.82) is 0 Å². The molecule has 0 N–H and O–H groups in total. The summed E-state index contributed by atoms with van der Waals surface area (Å²) < 4.78 is 48.2. The zero-order valence-electron chi connectivity index (χ0n) is 14.4. The summed E-state index contributed by atoms with van der Waals surface area (Å²) in [6.07, 6.45) is 6.10. The Morgan fingerprint density at radius 1 is 1.04 bits per heavy atom. The lowest BCUT2D eigenvalue weighted by atomic mass is 10.0. The summed E-state index contributed by atoms with van der Waals surface area (Å²) in [5, 5.41) is 0. The van der Waals surface area contributed by atoms with Crippen LogP contribution in [0.3, 0.4) is 0 Å². The molecule has 0 saturated heterocycles. The Labute approximate surface area is 153 Å². The molecule has 0 aliphatic heterocycles. The van der Waals surface area contributed by atoms with Gasteiger partial charge in [-0.1, -0.05) is 0 Å². The molecule has 140 valence electrons. The molecule has 0 aliphatic carbocycles. The lowest BCUT2D eigenvalue weighted by Crippen LogP contribution is -2.04. The van der Waals surface area contributed by atoms with Crippen molar-refractivity contribution in [3.63, 3.8) is 0 Å². The van der Waals surface area contributed by atoms with Gasteiger partial charge in [0.1, 0.15) is 5.82 Å². The lowest BCUT2D eigenvalue weighted by molar-refractivity contribution is -0.0528. The molecule has 3 rings (SSSR count). The number of hydrogen-bond acceptors (Lipinski definition) is 5. The van der Waals surface area contributed by atoms with Gasteiger partial charge < -0.3 is 9.47 Å². The highest BCUT2D eigenvalue weighted by molar-refractivity contribution is 5.69. The van der Waals surface area contributed by atoms with Gasteiger partial charge in [0, 0.05) is 36.6 Å². The van der Waals surface area contributed by atoms with E-state index >= 15 is 0 Å². The maximum Gasteiger partial charge on any atom is 0.388 e. The Bertz CT molecular complexity index is 922. The first-order chi connectivity index (χ1) is 13.0.